The van der Waals surface area contributed by atoms with Crippen molar-refractivity contribution in [2.45, 2.75) is 46.1 Å². The third-order valence-electron chi connectivity index (χ3n) is 2.87. The third-order valence-corrected chi connectivity index (χ3v) is 3.13. The van der Waals surface area contributed by atoms with Crippen molar-refractivity contribution in [2.24, 2.45) is 11.8 Å². The Labute approximate surface area is 110 Å². The summed E-state index contributed by atoms with van der Waals surface area (Å²) in [6.45, 7) is 8.56. The Hall–Kier alpha value is -0.530. The molecule has 0 saturated carbocycles. The fraction of sp³-hybridized carbons (Fsp3) is 0.600. The van der Waals surface area contributed by atoms with E-state index in [1.807, 2.05) is 24.3 Å². The van der Waals surface area contributed by atoms with Gasteiger partial charge in [0.15, 0.2) is 0 Å². The summed E-state index contributed by atoms with van der Waals surface area (Å²) in [5.74, 6) is 0.934. The van der Waals surface area contributed by atoms with E-state index in [1.54, 1.807) is 0 Å². The van der Waals surface area contributed by atoms with Gasteiger partial charge in [-0.05, 0) is 42.4 Å². The lowest BCUT2D eigenvalue weighted by molar-refractivity contribution is -0.00449. The highest BCUT2D eigenvalue weighted by Crippen LogP contribution is 2.35. The van der Waals surface area contributed by atoms with Crippen LogP contribution in [0, 0.1) is 11.8 Å². The monoisotopic (exact) mass is 254 g/mol. The molecule has 1 aromatic carbocycles. The Morgan fingerprint density at radius 1 is 1.00 bits per heavy atom. The molecule has 0 spiro atoms. The average molecular weight is 255 g/mol. The number of rotatable bonds is 5. The molecule has 1 nitrogen and oxygen atoms in total. The molecule has 0 heterocycles. The maximum atomic E-state index is 10.9. The first-order valence-electron chi connectivity index (χ1n) is 6.32. The second kappa shape index (κ2) is 5.88. The Morgan fingerprint density at radius 2 is 1.41 bits per heavy atom. The molecule has 0 aromatic heterocycles. The van der Waals surface area contributed by atoms with Crippen molar-refractivity contribution < 1.29 is 5.11 Å². The van der Waals surface area contributed by atoms with Crippen molar-refractivity contribution >= 4 is 11.6 Å². The molecule has 0 aliphatic rings. The number of benzene rings is 1. The maximum Gasteiger partial charge on any atom is 0.0901 e. The van der Waals surface area contributed by atoms with E-state index in [1.165, 1.54) is 0 Å². The second-order valence-electron chi connectivity index (χ2n) is 5.73. The van der Waals surface area contributed by atoms with Gasteiger partial charge in [-0.25, -0.2) is 0 Å². The Morgan fingerprint density at radius 3 is 1.76 bits per heavy atom. The minimum absolute atomic E-state index is 0.467. The van der Waals surface area contributed by atoms with Gasteiger partial charge in [-0.3, -0.25) is 0 Å². The van der Waals surface area contributed by atoms with Crippen molar-refractivity contribution in [1.29, 1.82) is 0 Å². The summed E-state index contributed by atoms with van der Waals surface area (Å²) in [5.41, 5.74) is 0.247. The Balaban J connectivity index is 3.00. The van der Waals surface area contributed by atoms with E-state index in [0.29, 0.717) is 16.9 Å². The number of aliphatic hydroxyl groups is 1. The van der Waals surface area contributed by atoms with Crippen molar-refractivity contribution in [1.82, 2.24) is 0 Å². The van der Waals surface area contributed by atoms with E-state index < -0.39 is 5.60 Å². The smallest absolute Gasteiger partial charge is 0.0901 e. The van der Waals surface area contributed by atoms with E-state index in [2.05, 4.69) is 27.7 Å². The molecular formula is C15H23ClO. The van der Waals surface area contributed by atoms with Crippen LogP contribution >= 0.6 is 11.6 Å². The molecule has 0 aliphatic heterocycles. The summed E-state index contributed by atoms with van der Waals surface area (Å²) < 4.78 is 0. The molecule has 1 aromatic rings. The summed E-state index contributed by atoms with van der Waals surface area (Å²) in [7, 11) is 0. The minimum Gasteiger partial charge on any atom is -0.385 e. The van der Waals surface area contributed by atoms with Crippen LogP contribution in [0.5, 0.6) is 0 Å². The normalized spacial score (nSPS) is 12.5. The van der Waals surface area contributed by atoms with Gasteiger partial charge in [0.25, 0.3) is 0 Å². The van der Waals surface area contributed by atoms with Gasteiger partial charge in [-0.2, -0.15) is 0 Å². The van der Waals surface area contributed by atoms with Crippen LogP contribution in [0.2, 0.25) is 5.02 Å². The average Bonchev–Trinajstić information content (AvgIpc) is 2.15. The molecule has 0 radical (unpaired) electrons. The van der Waals surface area contributed by atoms with E-state index in [-0.39, 0.29) is 0 Å². The molecule has 0 aliphatic carbocycles. The zero-order valence-electron chi connectivity index (χ0n) is 11.2. The van der Waals surface area contributed by atoms with Gasteiger partial charge < -0.3 is 5.11 Å². The van der Waals surface area contributed by atoms with Crippen molar-refractivity contribution in [3.63, 3.8) is 0 Å². The highest BCUT2D eigenvalue weighted by Gasteiger charge is 2.30. The topological polar surface area (TPSA) is 20.2 Å². The fourth-order valence-electron chi connectivity index (χ4n) is 2.43. The van der Waals surface area contributed by atoms with Gasteiger partial charge in [-0.1, -0.05) is 51.4 Å². The van der Waals surface area contributed by atoms with Crippen LogP contribution in [-0.2, 0) is 5.60 Å². The molecule has 0 unspecified atom stereocenters. The largest absolute Gasteiger partial charge is 0.385 e. The zero-order chi connectivity index (χ0) is 13.1. The first-order valence-corrected chi connectivity index (χ1v) is 6.69. The molecule has 0 saturated heterocycles. The van der Waals surface area contributed by atoms with Crippen LogP contribution in [0.1, 0.15) is 46.1 Å². The molecule has 1 N–H and O–H groups in total. The highest BCUT2D eigenvalue weighted by atomic mass is 35.5. The van der Waals surface area contributed by atoms with Crippen LogP contribution < -0.4 is 0 Å². The molecule has 0 amide bonds. The zero-order valence-corrected chi connectivity index (χ0v) is 12.0. The summed E-state index contributed by atoms with van der Waals surface area (Å²) in [6.07, 6.45) is 1.57. The van der Waals surface area contributed by atoms with Crippen molar-refractivity contribution in [2.75, 3.05) is 0 Å². The molecule has 2 heteroatoms. The molecule has 17 heavy (non-hydrogen) atoms. The van der Waals surface area contributed by atoms with Crippen LogP contribution in [0.3, 0.4) is 0 Å². The fourth-order valence-corrected chi connectivity index (χ4v) is 2.56. The lowest BCUT2D eigenvalue weighted by Crippen LogP contribution is -2.29. The first-order chi connectivity index (χ1) is 7.83. The van der Waals surface area contributed by atoms with Crippen LogP contribution in [-0.4, -0.2) is 5.11 Å². The summed E-state index contributed by atoms with van der Waals surface area (Å²) in [5, 5.41) is 11.6. The summed E-state index contributed by atoms with van der Waals surface area (Å²) >= 11 is 5.89. The molecule has 0 fully saturated rings. The van der Waals surface area contributed by atoms with Crippen LogP contribution in [0.25, 0.3) is 0 Å². The molecule has 96 valence electrons. The van der Waals surface area contributed by atoms with Gasteiger partial charge in [-0.15, -0.1) is 0 Å². The van der Waals surface area contributed by atoms with Crippen LogP contribution in [0.15, 0.2) is 24.3 Å². The van der Waals surface area contributed by atoms with Crippen molar-refractivity contribution in [3.05, 3.63) is 34.9 Å². The minimum atomic E-state index is -0.729. The predicted octanol–water partition coefficient (Wildman–Crippen LogP) is 4.62. The summed E-state index contributed by atoms with van der Waals surface area (Å²) in [4.78, 5) is 0. The van der Waals surface area contributed by atoms with Gasteiger partial charge >= 0.3 is 0 Å². The standard InChI is InChI=1S/C15H23ClO/c1-11(2)9-15(17,10-12(3)4)13-5-7-14(16)8-6-13/h5-8,11-12,17H,9-10H2,1-4H3. The van der Waals surface area contributed by atoms with Gasteiger partial charge in [0.2, 0.25) is 0 Å². The van der Waals surface area contributed by atoms with E-state index >= 15 is 0 Å². The molecule has 0 bridgehead atoms. The lowest BCUT2D eigenvalue weighted by atomic mass is 9.80. The second-order valence-corrected chi connectivity index (χ2v) is 6.17. The van der Waals surface area contributed by atoms with Crippen LogP contribution in [0.4, 0.5) is 0 Å². The first kappa shape index (κ1) is 14.5. The predicted molar refractivity (Wildman–Crippen MR) is 74.3 cm³/mol. The Bertz CT molecular complexity index is 330. The van der Waals surface area contributed by atoms with Gasteiger partial charge in [0, 0.05) is 5.02 Å². The lowest BCUT2D eigenvalue weighted by Gasteiger charge is -2.32. The quantitative estimate of drug-likeness (QED) is 0.813. The Kier molecular flexibility index (Phi) is 5.03. The molecular weight excluding hydrogens is 232 g/mol. The SMILES string of the molecule is CC(C)CC(O)(CC(C)C)c1ccc(Cl)cc1. The number of hydrogen-bond donors (Lipinski definition) is 1. The highest BCUT2D eigenvalue weighted by molar-refractivity contribution is 6.30. The summed E-state index contributed by atoms with van der Waals surface area (Å²) in [6, 6.07) is 7.57. The van der Waals surface area contributed by atoms with Gasteiger partial charge in [0.05, 0.1) is 5.60 Å². The van der Waals surface area contributed by atoms with E-state index in [0.717, 1.165) is 18.4 Å². The number of halogens is 1. The van der Waals surface area contributed by atoms with Crippen molar-refractivity contribution in [3.8, 4) is 0 Å². The van der Waals surface area contributed by atoms with E-state index in [9.17, 15) is 5.11 Å². The van der Waals surface area contributed by atoms with Gasteiger partial charge in [0.1, 0.15) is 0 Å². The van der Waals surface area contributed by atoms with E-state index in [4.69, 9.17) is 11.6 Å². The number of hydrogen-bond acceptors (Lipinski definition) is 1. The molecule has 1 rings (SSSR count). The molecule has 0 atom stereocenters. The maximum absolute atomic E-state index is 10.9. The third kappa shape index (κ3) is 4.33.